The Balaban J connectivity index is 0.000000318. The van der Waals surface area contributed by atoms with Crippen LogP contribution in [0.3, 0.4) is 0 Å². The Morgan fingerprint density at radius 1 is 1.03 bits per heavy atom. The van der Waals surface area contributed by atoms with Crippen molar-refractivity contribution in [1.82, 2.24) is 29.2 Å². The first kappa shape index (κ1) is 22.9. The Morgan fingerprint density at radius 3 is 2.42 bits per heavy atom. The minimum atomic E-state index is -2.45. The normalized spacial score (nSPS) is 14.5. The fourth-order valence-corrected chi connectivity index (χ4v) is 4.19. The first-order valence-electron chi connectivity index (χ1n) is 11.4. The van der Waals surface area contributed by atoms with Crippen LogP contribution in [0.4, 0.5) is 20.5 Å². The Kier molecular flexibility index (Phi) is 7.00. The molecule has 2 N–H and O–H groups in total. The van der Waals surface area contributed by atoms with E-state index in [4.69, 9.17) is 0 Å². The molecule has 0 aliphatic heterocycles. The lowest BCUT2D eigenvalue weighted by Gasteiger charge is -2.15. The third-order valence-electron chi connectivity index (χ3n) is 5.96. The smallest absolute Gasteiger partial charge is 0.242 e. The van der Waals surface area contributed by atoms with Gasteiger partial charge in [-0.2, -0.15) is 10.1 Å². The molecule has 0 unspecified atom stereocenters. The summed E-state index contributed by atoms with van der Waals surface area (Å²) in [5.41, 5.74) is 3.00. The van der Waals surface area contributed by atoms with E-state index >= 15 is 0 Å². The van der Waals surface area contributed by atoms with Gasteiger partial charge in [0.1, 0.15) is 5.52 Å². The standard InChI is InChI=1S/C16H16F2N8.C7H14/c1-19-14-13-10(3-5-25(13)24-16(20-2)23-14)11-4-6-26-15(22-11)9(8-21-26)7-12(17)18;1-7-5-3-2-4-6-7/h3-6,8,12H,7H2,1-2H3,(H2,19,20,23,24);7H,2-6H2,1H3. The van der Waals surface area contributed by atoms with E-state index in [2.05, 4.69) is 37.7 Å². The van der Waals surface area contributed by atoms with E-state index in [1.165, 1.54) is 42.8 Å². The fraction of sp³-hybridized carbons (Fsp3) is 0.478. The number of alkyl halides is 2. The van der Waals surface area contributed by atoms with Gasteiger partial charge in [0.2, 0.25) is 12.4 Å². The summed E-state index contributed by atoms with van der Waals surface area (Å²) >= 11 is 0. The lowest BCUT2D eigenvalue weighted by molar-refractivity contribution is 0.149. The zero-order valence-electron chi connectivity index (χ0n) is 19.2. The lowest BCUT2D eigenvalue weighted by atomic mass is 9.91. The van der Waals surface area contributed by atoms with Crippen LogP contribution < -0.4 is 10.6 Å². The molecule has 8 nitrogen and oxygen atoms in total. The van der Waals surface area contributed by atoms with Crippen LogP contribution in [0, 0.1) is 5.92 Å². The topological polar surface area (TPSA) is 84.4 Å². The maximum atomic E-state index is 12.8. The molecule has 10 heteroatoms. The summed E-state index contributed by atoms with van der Waals surface area (Å²) in [6.07, 6.45) is 9.54. The van der Waals surface area contributed by atoms with Crippen LogP contribution in [0.1, 0.15) is 44.6 Å². The average molecular weight is 457 g/mol. The second-order valence-electron chi connectivity index (χ2n) is 8.40. The van der Waals surface area contributed by atoms with Crippen molar-refractivity contribution in [3.63, 3.8) is 0 Å². The molecule has 1 fully saturated rings. The zero-order chi connectivity index (χ0) is 23.4. The zero-order valence-corrected chi connectivity index (χ0v) is 19.2. The second-order valence-corrected chi connectivity index (χ2v) is 8.40. The predicted molar refractivity (Wildman–Crippen MR) is 126 cm³/mol. The van der Waals surface area contributed by atoms with Gasteiger partial charge >= 0.3 is 0 Å². The van der Waals surface area contributed by atoms with Crippen molar-refractivity contribution >= 4 is 22.9 Å². The highest BCUT2D eigenvalue weighted by atomic mass is 19.3. The molecule has 0 spiro atoms. The maximum Gasteiger partial charge on any atom is 0.242 e. The Morgan fingerprint density at radius 2 is 1.79 bits per heavy atom. The van der Waals surface area contributed by atoms with Gasteiger partial charge in [0, 0.05) is 44.0 Å². The molecule has 0 saturated heterocycles. The fourth-order valence-electron chi connectivity index (χ4n) is 4.19. The number of anilines is 2. The molecule has 1 aliphatic carbocycles. The molecule has 0 radical (unpaired) electrons. The van der Waals surface area contributed by atoms with Crippen molar-refractivity contribution in [2.24, 2.45) is 5.92 Å². The quantitative estimate of drug-likeness (QED) is 0.444. The number of nitrogens with zero attached hydrogens (tertiary/aromatic N) is 6. The predicted octanol–water partition coefficient (Wildman–Crippen LogP) is 4.92. The van der Waals surface area contributed by atoms with Crippen molar-refractivity contribution < 1.29 is 8.78 Å². The Labute approximate surface area is 191 Å². The van der Waals surface area contributed by atoms with Crippen molar-refractivity contribution in [3.8, 4) is 11.3 Å². The highest BCUT2D eigenvalue weighted by Gasteiger charge is 2.17. The Hall–Kier alpha value is -3.30. The SMILES string of the molecule is CC1CCCCC1.CNc1nc(NC)c2c(-c3ccn4ncc(CC(F)F)c4n3)ccn2n1. The molecule has 0 atom stereocenters. The van der Waals surface area contributed by atoms with Gasteiger partial charge in [-0.05, 0) is 18.1 Å². The van der Waals surface area contributed by atoms with Crippen LogP contribution in [-0.2, 0) is 6.42 Å². The van der Waals surface area contributed by atoms with Crippen LogP contribution in [0.5, 0.6) is 0 Å². The van der Waals surface area contributed by atoms with Gasteiger partial charge in [-0.1, -0.05) is 39.0 Å². The van der Waals surface area contributed by atoms with Crippen LogP contribution in [0.15, 0.2) is 30.7 Å². The van der Waals surface area contributed by atoms with Gasteiger partial charge in [0.15, 0.2) is 11.5 Å². The van der Waals surface area contributed by atoms with E-state index in [9.17, 15) is 8.78 Å². The molecular formula is C23H30F2N8. The Bertz CT molecular complexity index is 1210. The maximum absolute atomic E-state index is 12.8. The van der Waals surface area contributed by atoms with E-state index < -0.39 is 6.43 Å². The third-order valence-corrected chi connectivity index (χ3v) is 5.96. The average Bonchev–Trinajstić information content (AvgIpc) is 3.43. The molecule has 4 aromatic rings. The largest absolute Gasteiger partial charge is 0.371 e. The van der Waals surface area contributed by atoms with E-state index in [1.54, 1.807) is 37.1 Å². The molecule has 4 aromatic heterocycles. The van der Waals surface area contributed by atoms with E-state index in [1.807, 2.05) is 6.07 Å². The molecular weight excluding hydrogens is 426 g/mol. The van der Waals surface area contributed by atoms with Crippen LogP contribution in [0.25, 0.3) is 22.4 Å². The molecule has 0 aromatic carbocycles. The van der Waals surface area contributed by atoms with E-state index in [0.29, 0.717) is 28.7 Å². The molecule has 5 rings (SSSR count). The summed E-state index contributed by atoms with van der Waals surface area (Å²) in [5, 5.41) is 14.4. The van der Waals surface area contributed by atoms with Gasteiger partial charge in [-0.25, -0.2) is 22.8 Å². The van der Waals surface area contributed by atoms with Gasteiger partial charge in [-0.15, -0.1) is 5.10 Å². The van der Waals surface area contributed by atoms with Gasteiger partial charge in [0.25, 0.3) is 0 Å². The number of hydrogen-bond acceptors (Lipinski definition) is 6. The molecule has 1 aliphatic rings. The number of nitrogens with one attached hydrogen (secondary N) is 2. The molecule has 176 valence electrons. The molecule has 33 heavy (non-hydrogen) atoms. The highest BCUT2D eigenvalue weighted by Crippen LogP contribution is 2.29. The van der Waals surface area contributed by atoms with Gasteiger partial charge in [0.05, 0.1) is 11.9 Å². The van der Waals surface area contributed by atoms with Crippen molar-refractivity contribution in [2.75, 3.05) is 24.7 Å². The third kappa shape index (κ3) is 5.04. The highest BCUT2D eigenvalue weighted by molar-refractivity contribution is 5.87. The van der Waals surface area contributed by atoms with Gasteiger partial charge < -0.3 is 10.6 Å². The van der Waals surface area contributed by atoms with Crippen molar-refractivity contribution in [2.45, 2.75) is 51.9 Å². The van der Waals surface area contributed by atoms with Crippen molar-refractivity contribution in [3.05, 3.63) is 36.3 Å². The van der Waals surface area contributed by atoms with Crippen LogP contribution in [0.2, 0.25) is 0 Å². The number of fused-ring (bicyclic) bond motifs is 2. The van der Waals surface area contributed by atoms with E-state index in [0.717, 1.165) is 17.0 Å². The minimum Gasteiger partial charge on any atom is -0.371 e. The second kappa shape index (κ2) is 10.1. The summed E-state index contributed by atoms with van der Waals surface area (Å²) < 4.78 is 28.7. The van der Waals surface area contributed by atoms with Crippen molar-refractivity contribution in [1.29, 1.82) is 0 Å². The molecule has 0 bridgehead atoms. The monoisotopic (exact) mass is 456 g/mol. The summed E-state index contributed by atoms with van der Waals surface area (Å²) in [7, 11) is 3.51. The van der Waals surface area contributed by atoms with E-state index in [-0.39, 0.29) is 6.42 Å². The van der Waals surface area contributed by atoms with Crippen LogP contribution >= 0.6 is 0 Å². The van der Waals surface area contributed by atoms with Crippen LogP contribution in [-0.4, -0.2) is 49.7 Å². The number of rotatable bonds is 5. The number of hydrogen-bond donors (Lipinski definition) is 2. The number of aromatic nitrogens is 6. The minimum absolute atomic E-state index is 0.382. The van der Waals surface area contributed by atoms with Gasteiger partial charge in [-0.3, -0.25) is 0 Å². The lowest BCUT2D eigenvalue weighted by Crippen LogP contribution is -2.06. The molecule has 4 heterocycles. The first-order valence-corrected chi connectivity index (χ1v) is 11.4. The molecule has 1 saturated carbocycles. The first-order chi connectivity index (χ1) is 16.0. The summed E-state index contributed by atoms with van der Waals surface area (Å²) in [4.78, 5) is 8.96. The summed E-state index contributed by atoms with van der Waals surface area (Å²) in [6.45, 7) is 2.36. The molecule has 0 amide bonds. The summed E-state index contributed by atoms with van der Waals surface area (Å²) in [6, 6.07) is 3.65. The number of halogens is 2. The summed E-state index contributed by atoms with van der Waals surface area (Å²) in [5.74, 6) is 2.14.